The van der Waals surface area contributed by atoms with Gasteiger partial charge in [0.05, 0.1) is 18.2 Å². The number of fused-ring (bicyclic) bond motifs is 1. The van der Waals surface area contributed by atoms with E-state index in [0.717, 1.165) is 61.1 Å². The van der Waals surface area contributed by atoms with Crippen molar-refractivity contribution in [2.75, 3.05) is 13.2 Å². The van der Waals surface area contributed by atoms with Gasteiger partial charge in [-0.2, -0.15) is 0 Å². The van der Waals surface area contributed by atoms with Crippen molar-refractivity contribution in [1.29, 1.82) is 0 Å². The maximum atomic E-state index is 13.2. The Hall–Kier alpha value is -2.58. The molecule has 2 fully saturated rings. The molecular weight excluding hydrogens is 440 g/mol. The van der Waals surface area contributed by atoms with Crippen LogP contribution in [0.2, 0.25) is 0 Å². The normalized spacial score (nSPS) is 20.0. The Morgan fingerprint density at radius 3 is 2.60 bits per heavy atom. The summed E-state index contributed by atoms with van der Waals surface area (Å²) in [6, 6.07) is 6.63. The zero-order valence-corrected chi connectivity index (χ0v) is 21.5. The van der Waals surface area contributed by atoms with Crippen LogP contribution in [0.3, 0.4) is 0 Å². The molecule has 0 amide bonds. The number of H-pyrrole nitrogens is 1. The summed E-state index contributed by atoms with van der Waals surface area (Å²) in [6.45, 7) is 10.7. The first-order chi connectivity index (χ1) is 16.9. The third kappa shape index (κ3) is 5.05. The number of tetrazole rings is 1. The zero-order valence-electron chi connectivity index (χ0n) is 21.5. The highest BCUT2D eigenvalue weighted by Gasteiger charge is 2.34. The molecule has 2 atom stereocenters. The molecule has 2 aliphatic rings. The lowest BCUT2D eigenvalue weighted by Gasteiger charge is -2.35. The fourth-order valence-electron chi connectivity index (χ4n) is 5.87. The van der Waals surface area contributed by atoms with Crippen LogP contribution in [0.15, 0.2) is 23.0 Å². The van der Waals surface area contributed by atoms with E-state index in [9.17, 15) is 4.79 Å². The molecule has 0 bridgehead atoms. The van der Waals surface area contributed by atoms with Gasteiger partial charge in [0.25, 0.3) is 5.56 Å². The minimum absolute atomic E-state index is 0.00958. The first kappa shape index (κ1) is 24.1. The van der Waals surface area contributed by atoms with Crippen LogP contribution in [0.25, 0.3) is 10.9 Å². The van der Waals surface area contributed by atoms with E-state index >= 15 is 0 Å². The molecule has 8 heteroatoms. The number of benzene rings is 1. The van der Waals surface area contributed by atoms with Crippen molar-refractivity contribution >= 4 is 10.9 Å². The summed E-state index contributed by atoms with van der Waals surface area (Å²) < 4.78 is 8.11. The Morgan fingerprint density at radius 1 is 1.11 bits per heavy atom. The van der Waals surface area contributed by atoms with Crippen LogP contribution < -0.4 is 5.56 Å². The Morgan fingerprint density at radius 2 is 1.89 bits per heavy atom. The second-order valence-corrected chi connectivity index (χ2v) is 10.8. The third-order valence-corrected chi connectivity index (χ3v) is 7.85. The van der Waals surface area contributed by atoms with Crippen LogP contribution in [0.5, 0.6) is 0 Å². The first-order valence-electron chi connectivity index (χ1n) is 13.2. The summed E-state index contributed by atoms with van der Waals surface area (Å²) in [4.78, 5) is 18.7. The number of hydrogen-bond donors (Lipinski definition) is 1. The van der Waals surface area contributed by atoms with Gasteiger partial charge in [-0.15, -0.1) is 5.10 Å². The quantitative estimate of drug-likeness (QED) is 0.508. The molecule has 35 heavy (non-hydrogen) atoms. The molecular formula is C27H38N6O2. The van der Waals surface area contributed by atoms with Crippen molar-refractivity contribution in [1.82, 2.24) is 30.1 Å². The molecule has 1 N–H and O–H groups in total. The van der Waals surface area contributed by atoms with Crippen molar-refractivity contribution in [3.8, 4) is 0 Å². The van der Waals surface area contributed by atoms with E-state index in [1.54, 1.807) is 0 Å². The highest BCUT2D eigenvalue weighted by molar-refractivity contribution is 5.80. The number of nitrogens with zero attached hydrogens (tertiary/aromatic N) is 5. The standard InChI is InChI=1S/C27H38N6O2/c1-17(2)25(26-29-30-31-33(26)22-8-5-6-9-22)32(16-23-10-7-11-35-23)15-21-14-20-12-18(3)19(4)13-24(20)28-27(21)34/h12-14,17,22-23,25H,5-11,15-16H2,1-4H3,(H,28,34)/t23-,25+/m0/s1. The SMILES string of the molecule is Cc1cc2cc(CN(C[C@@H]3CCCO3)[C@@H](c3nnnn3C3CCCC3)C(C)C)c(=O)[nH]c2cc1C. The Balaban J connectivity index is 1.53. The molecule has 1 aliphatic heterocycles. The molecule has 1 saturated heterocycles. The van der Waals surface area contributed by atoms with Crippen LogP contribution in [-0.2, 0) is 11.3 Å². The lowest BCUT2D eigenvalue weighted by molar-refractivity contribution is 0.0379. The van der Waals surface area contributed by atoms with Gasteiger partial charge < -0.3 is 9.72 Å². The number of ether oxygens (including phenoxy) is 1. The van der Waals surface area contributed by atoms with Crippen molar-refractivity contribution < 1.29 is 4.74 Å². The molecule has 188 valence electrons. The molecule has 2 aromatic heterocycles. The fraction of sp³-hybridized carbons (Fsp3) is 0.630. The second kappa shape index (κ2) is 10.2. The molecule has 0 radical (unpaired) electrons. The summed E-state index contributed by atoms with van der Waals surface area (Å²) in [6.07, 6.45) is 6.98. The van der Waals surface area contributed by atoms with E-state index in [0.29, 0.717) is 12.6 Å². The predicted molar refractivity (Wildman–Crippen MR) is 136 cm³/mol. The van der Waals surface area contributed by atoms with E-state index in [1.165, 1.54) is 24.0 Å². The van der Waals surface area contributed by atoms with Crippen molar-refractivity contribution in [2.24, 2.45) is 5.92 Å². The number of hydrogen-bond acceptors (Lipinski definition) is 6. The number of pyridine rings is 1. The molecule has 1 saturated carbocycles. The van der Waals surface area contributed by atoms with Crippen molar-refractivity contribution in [2.45, 2.75) is 91.0 Å². The van der Waals surface area contributed by atoms with E-state index in [4.69, 9.17) is 4.74 Å². The summed E-state index contributed by atoms with van der Waals surface area (Å²) in [5.41, 5.74) is 4.03. The highest BCUT2D eigenvalue weighted by atomic mass is 16.5. The van der Waals surface area contributed by atoms with E-state index in [2.05, 4.69) is 76.0 Å². The maximum Gasteiger partial charge on any atom is 0.252 e. The van der Waals surface area contributed by atoms with E-state index in [1.807, 2.05) is 0 Å². The molecule has 3 heterocycles. The van der Waals surface area contributed by atoms with Crippen molar-refractivity contribution in [3.63, 3.8) is 0 Å². The van der Waals surface area contributed by atoms with Crippen molar-refractivity contribution in [3.05, 3.63) is 51.1 Å². The largest absolute Gasteiger partial charge is 0.377 e. The monoisotopic (exact) mass is 478 g/mol. The molecule has 5 rings (SSSR count). The van der Waals surface area contributed by atoms with Gasteiger partial charge in [0.2, 0.25) is 0 Å². The number of aryl methyl sites for hydroxylation is 2. The van der Waals surface area contributed by atoms with Gasteiger partial charge in [-0.1, -0.05) is 26.7 Å². The average Bonchev–Trinajstić information content (AvgIpc) is 3.58. The van der Waals surface area contributed by atoms with Gasteiger partial charge in [-0.25, -0.2) is 4.68 Å². The summed E-state index contributed by atoms with van der Waals surface area (Å²) in [5.74, 6) is 1.18. The summed E-state index contributed by atoms with van der Waals surface area (Å²) in [5, 5.41) is 14.1. The minimum Gasteiger partial charge on any atom is -0.377 e. The topological polar surface area (TPSA) is 88.9 Å². The molecule has 1 aromatic carbocycles. The number of aromatic amines is 1. The van der Waals surface area contributed by atoms with Crippen LogP contribution in [-0.4, -0.2) is 49.3 Å². The number of aromatic nitrogens is 5. The molecule has 3 aromatic rings. The Bertz CT molecular complexity index is 1220. The highest BCUT2D eigenvalue weighted by Crippen LogP contribution is 2.35. The summed E-state index contributed by atoms with van der Waals surface area (Å²) >= 11 is 0. The van der Waals surface area contributed by atoms with Crippen LogP contribution in [0.1, 0.15) is 87.0 Å². The van der Waals surface area contributed by atoms with Gasteiger partial charge in [-0.3, -0.25) is 9.69 Å². The lowest BCUT2D eigenvalue weighted by Crippen LogP contribution is -2.40. The number of rotatable bonds is 8. The van der Waals surface area contributed by atoms with Gasteiger partial charge in [0.1, 0.15) is 0 Å². The van der Waals surface area contributed by atoms with Gasteiger partial charge in [0.15, 0.2) is 5.82 Å². The maximum absolute atomic E-state index is 13.2. The third-order valence-electron chi connectivity index (χ3n) is 7.85. The summed E-state index contributed by atoms with van der Waals surface area (Å²) in [7, 11) is 0. The second-order valence-electron chi connectivity index (χ2n) is 10.8. The molecule has 0 unspecified atom stereocenters. The van der Waals surface area contributed by atoms with Gasteiger partial charge in [0, 0.05) is 30.8 Å². The Kier molecular flexibility index (Phi) is 7.02. The van der Waals surface area contributed by atoms with Gasteiger partial charge in [-0.05, 0) is 90.6 Å². The Labute approximate surface area is 207 Å². The molecule has 8 nitrogen and oxygen atoms in total. The van der Waals surface area contributed by atoms with E-state index in [-0.39, 0.29) is 23.6 Å². The molecule has 1 aliphatic carbocycles. The lowest BCUT2D eigenvalue weighted by atomic mass is 9.99. The fourth-order valence-corrected chi connectivity index (χ4v) is 5.87. The number of nitrogens with one attached hydrogen (secondary N) is 1. The molecule has 0 spiro atoms. The minimum atomic E-state index is -0.0315. The first-order valence-corrected chi connectivity index (χ1v) is 13.2. The van der Waals surface area contributed by atoms with E-state index < -0.39 is 0 Å². The predicted octanol–water partition coefficient (Wildman–Crippen LogP) is 4.62. The van der Waals surface area contributed by atoms with Crippen LogP contribution >= 0.6 is 0 Å². The smallest absolute Gasteiger partial charge is 0.252 e. The van der Waals surface area contributed by atoms with Crippen LogP contribution in [0, 0.1) is 19.8 Å². The van der Waals surface area contributed by atoms with Gasteiger partial charge >= 0.3 is 0 Å². The zero-order chi connectivity index (χ0) is 24.5. The van der Waals surface area contributed by atoms with Crippen LogP contribution in [0.4, 0.5) is 0 Å². The average molecular weight is 479 g/mol.